The van der Waals surface area contributed by atoms with Gasteiger partial charge in [0.25, 0.3) is 0 Å². The molecule has 0 bridgehead atoms. The number of carbonyl (C=O) groups is 1. The van der Waals surface area contributed by atoms with Crippen LogP contribution in [0.2, 0.25) is 0 Å². The zero-order valence-corrected chi connectivity index (χ0v) is 12.4. The van der Waals surface area contributed by atoms with Crippen LogP contribution in [0, 0.1) is 0 Å². The zero-order valence-electron chi connectivity index (χ0n) is 11.6. The maximum Gasteiger partial charge on any atom is 0.190 e. The molecule has 0 saturated carbocycles. The molecule has 6 heteroatoms. The van der Waals surface area contributed by atoms with E-state index in [4.69, 9.17) is 10.5 Å². The summed E-state index contributed by atoms with van der Waals surface area (Å²) in [5.74, 6) is 0.603. The van der Waals surface area contributed by atoms with Gasteiger partial charge in [-0.1, -0.05) is 0 Å². The predicted octanol–water partition coefficient (Wildman–Crippen LogP) is 3.15. The summed E-state index contributed by atoms with van der Waals surface area (Å²) in [6, 6.07) is 7.94. The second-order valence-electron chi connectivity index (χ2n) is 4.54. The maximum atomic E-state index is 11.7. The van der Waals surface area contributed by atoms with E-state index in [2.05, 4.69) is 9.97 Å². The van der Waals surface area contributed by atoms with E-state index >= 15 is 0 Å². The minimum Gasteiger partial charge on any atom is -0.491 e. The van der Waals surface area contributed by atoms with Crippen molar-refractivity contribution in [3.8, 4) is 17.1 Å². The van der Waals surface area contributed by atoms with Crippen LogP contribution in [-0.2, 0) is 0 Å². The number of thiophene rings is 1. The number of benzene rings is 1. The number of carbonyl (C=O) groups excluding carboxylic acids is 1. The molecule has 3 rings (SSSR count). The Kier molecular flexibility index (Phi) is 3.31. The van der Waals surface area contributed by atoms with Gasteiger partial charge in [-0.25, -0.2) is 9.97 Å². The number of fused-ring (bicyclic) bond motifs is 1. The molecule has 2 N–H and O–H groups in total. The van der Waals surface area contributed by atoms with Crippen LogP contribution in [0.3, 0.4) is 0 Å². The van der Waals surface area contributed by atoms with Crippen molar-refractivity contribution in [3.05, 3.63) is 35.3 Å². The zero-order chi connectivity index (χ0) is 15.0. The summed E-state index contributed by atoms with van der Waals surface area (Å²) in [4.78, 5) is 20.3. The van der Waals surface area contributed by atoms with Crippen LogP contribution in [0.1, 0.15) is 17.4 Å². The Labute approximate surface area is 125 Å². The largest absolute Gasteiger partial charge is 0.491 e. The van der Waals surface area contributed by atoms with Crippen LogP contribution < -0.4 is 10.5 Å². The number of ketones is 1. The first kappa shape index (κ1) is 13.5. The highest BCUT2D eigenvalue weighted by Gasteiger charge is 2.17. The fourth-order valence-corrected chi connectivity index (χ4v) is 2.91. The van der Waals surface area contributed by atoms with Gasteiger partial charge in [0.05, 0.1) is 7.11 Å². The average Bonchev–Trinajstić information content (AvgIpc) is 2.93. The van der Waals surface area contributed by atoms with Gasteiger partial charge in [0.2, 0.25) is 0 Å². The average molecular weight is 299 g/mol. The third-order valence-electron chi connectivity index (χ3n) is 3.14. The van der Waals surface area contributed by atoms with Crippen LogP contribution in [0.5, 0.6) is 5.75 Å². The van der Waals surface area contributed by atoms with Crippen molar-refractivity contribution in [2.45, 2.75) is 6.92 Å². The lowest BCUT2D eigenvalue weighted by atomic mass is 10.1. The number of nitrogens with two attached hydrogens (primary N) is 1. The number of anilines is 1. The molecule has 106 valence electrons. The Morgan fingerprint density at radius 1 is 1.29 bits per heavy atom. The van der Waals surface area contributed by atoms with Crippen LogP contribution in [-0.4, -0.2) is 22.9 Å². The Morgan fingerprint density at radius 2 is 2.10 bits per heavy atom. The first-order valence-electron chi connectivity index (χ1n) is 6.30. The molecule has 0 radical (unpaired) electrons. The second-order valence-corrected chi connectivity index (χ2v) is 5.49. The Hall–Kier alpha value is -2.47. The molecule has 0 fully saturated rings. The molecule has 0 unspecified atom stereocenters. The highest BCUT2D eigenvalue weighted by atomic mass is 32.1. The fourth-order valence-electron chi connectivity index (χ4n) is 2.14. The number of methoxy groups -OCH3 is 1. The van der Waals surface area contributed by atoms with E-state index in [0.29, 0.717) is 5.82 Å². The van der Waals surface area contributed by atoms with Gasteiger partial charge in [-0.15, -0.1) is 11.3 Å². The lowest BCUT2D eigenvalue weighted by molar-refractivity contribution is 0.101. The molecule has 0 saturated heterocycles. The monoisotopic (exact) mass is 299 g/mol. The summed E-state index contributed by atoms with van der Waals surface area (Å²) in [5.41, 5.74) is 6.89. The quantitative estimate of drug-likeness (QED) is 0.752. The molecule has 2 heterocycles. The van der Waals surface area contributed by atoms with Crippen molar-refractivity contribution >= 4 is 33.0 Å². The van der Waals surface area contributed by atoms with Gasteiger partial charge in [-0.05, 0) is 35.0 Å². The van der Waals surface area contributed by atoms with E-state index in [0.717, 1.165) is 10.9 Å². The third-order valence-corrected chi connectivity index (χ3v) is 4.04. The molecule has 21 heavy (non-hydrogen) atoms. The van der Waals surface area contributed by atoms with E-state index < -0.39 is 0 Å². The summed E-state index contributed by atoms with van der Waals surface area (Å²) in [5, 5.41) is 3.14. The van der Waals surface area contributed by atoms with E-state index in [1.54, 1.807) is 11.3 Å². The first-order valence-corrected chi connectivity index (χ1v) is 7.18. The molecule has 0 aliphatic rings. The molecular formula is C15H13N3O2S. The Bertz CT molecular complexity index is 842. The fraction of sp³-hybridized carbons (Fsp3) is 0.133. The number of nitrogen functional groups attached to an aromatic ring is 1. The third kappa shape index (κ3) is 2.34. The number of aromatic nitrogens is 2. The lowest BCUT2D eigenvalue weighted by Gasteiger charge is -2.10. The highest BCUT2D eigenvalue weighted by molar-refractivity contribution is 7.17. The summed E-state index contributed by atoms with van der Waals surface area (Å²) < 4.78 is 6.30. The summed E-state index contributed by atoms with van der Waals surface area (Å²) in [6.45, 7) is 1.43. The van der Waals surface area contributed by atoms with Gasteiger partial charge in [-0.3, -0.25) is 4.79 Å². The van der Waals surface area contributed by atoms with Crippen LogP contribution in [0.15, 0.2) is 29.6 Å². The van der Waals surface area contributed by atoms with Crippen molar-refractivity contribution in [3.63, 3.8) is 0 Å². The van der Waals surface area contributed by atoms with E-state index in [1.165, 1.54) is 18.7 Å². The van der Waals surface area contributed by atoms with E-state index in [-0.39, 0.29) is 23.0 Å². The molecule has 0 atom stereocenters. The van der Waals surface area contributed by atoms with Crippen molar-refractivity contribution in [1.29, 1.82) is 0 Å². The van der Waals surface area contributed by atoms with Crippen molar-refractivity contribution in [2.24, 2.45) is 0 Å². The Morgan fingerprint density at radius 3 is 2.81 bits per heavy atom. The first-order chi connectivity index (χ1) is 10.1. The van der Waals surface area contributed by atoms with Gasteiger partial charge < -0.3 is 10.5 Å². The van der Waals surface area contributed by atoms with Crippen molar-refractivity contribution < 1.29 is 9.53 Å². The molecule has 5 nitrogen and oxygen atoms in total. The van der Waals surface area contributed by atoms with Gasteiger partial charge in [0.1, 0.15) is 0 Å². The van der Waals surface area contributed by atoms with Gasteiger partial charge in [-0.2, -0.15) is 0 Å². The molecule has 2 aromatic heterocycles. The minimum absolute atomic E-state index is 0.165. The summed E-state index contributed by atoms with van der Waals surface area (Å²) in [7, 11) is 1.44. The smallest absolute Gasteiger partial charge is 0.190 e. The number of Topliss-reactive ketones (excluding diaryl/α,β-unsaturated/α-hetero) is 1. The molecule has 3 aromatic rings. The standard InChI is InChI=1S/C15H13N3O2S/c1-8(19)12-13(20-2)14(16)18-15(17-12)10-3-4-11-9(7-10)5-6-21-11/h3-7H,1-2H3,(H2,16,17,18). The van der Waals surface area contributed by atoms with Crippen molar-refractivity contribution in [1.82, 2.24) is 9.97 Å². The normalized spacial score (nSPS) is 10.8. The van der Waals surface area contributed by atoms with E-state index in [1.807, 2.05) is 29.6 Å². The molecule has 0 amide bonds. The molecule has 0 aliphatic heterocycles. The van der Waals surface area contributed by atoms with Crippen LogP contribution in [0.4, 0.5) is 5.82 Å². The Balaban J connectivity index is 2.19. The van der Waals surface area contributed by atoms with Crippen LogP contribution in [0.25, 0.3) is 21.5 Å². The molecule has 0 aliphatic carbocycles. The second kappa shape index (κ2) is 5.14. The minimum atomic E-state index is -0.209. The van der Waals surface area contributed by atoms with Crippen LogP contribution >= 0.6 is 11.3 Å². The van der Waals surface area contributed by atoms with Gasteiger partial charge in [0.15, 0.2) is 28.9 Å². The number of ether oxygens (including phenoxy) is 1. The number of hydrogen-bond acceptors (Lipinski definition) is 6. The van der Waals surface area contributed by atoms with Crippen molar-refractivity contribution in [2.75, 3.05) is 12.8 Å². The topological polar surface area (TPSA) is 78.1 Å². The lowest BCUT2D eigenvalue weighted by Crippen LogP contribution is -2.08. The summed E-state index contributed by atoms with van der Waals surface area (Å²) in [6.07, 6.45) is 0. The maximum absolute atomic E-state index is 11.7. The molecular weight excluding hydrogens is 286 g/mol. The number of rotatable bonds is 3. The molecule has 1 aromatic carbocycles. The summed E-state index contributed by atoms with van der Waals surface area (Å²) >= 11 is 1.67. The predicted molar refractivity (Wildman–Crippen MR) is 83.8 cm³/mol. The van der Waals surface area contributed by atoms with E-state index in [9.17, 15) is 4.79 Å². The van der Waals surface area contributed by atoms with Gasteiger partial charge in [0, 0.05) is 17.2 Å². The van der Waals surface area contributed by atoms with Gasteiger partial charge >= 0.3 is 0 Å². The molecule has 0 spiro atoms. The number of hydrogen-bond donors (Lipinski definition) is 1. The SMILES string of the molecule is COc1c(N)nc(-c2ccc3sccc3c2)nc1C(C)=O. The number of nitrogens with zero attached hydrogens (tertiary/aromatic N) is 2. The highest BCUT2D eigenvalue weighted by Crippen LogP contribution is 2.30.